The third kappa shape index (κ3) is 3.88. The van der Waals surface area contributed by atoms with Crippen LogP contribution in [0.4, 0.5) is 5.69 Å². The lowest BCUT2D eigenvalue weighted by Crippen LogP contribution is -2.40. The zero-order valence-corrected chi connectivity index (χ0v) is 13.1. The molecule has 2 aromatic rings. The molecule has 0 saturated heterocycles. The van der Waals surface area contributed by atoms with Gasteiger partial charge in [0.05, 0.1) is 0 Å². The Bertz CT molecular complexity index is 684. The predicted molar refractivity (Wildman–Crippen MR) is 87.5 cm³/mol. The van der Waals surface area contributed by atoms with Gasteiger partial charge in [0.25, 0.3) is 5.91 Å². The molecule has 0 heterocycles. The summed E-state index contributed by atoms with van der Waals surface area (Å²) >= 11 is 0. The first-order chi connectivity index (χ1) is 11.0. The Kier molecular flexibility index (Phi) is 5.36. The highest BCUT2D eigenvalue weighted by molar-refractivity contribution is 5.99. The zero-order chi connectivity index (χ0) is 16.8. The van der Waals surface area contributed by atoms with Crippen LogP contribution in [-0.4, -0.2) is 29.6 Å². The largest absolute Gasteiger partial charge is 0.507 e. The summed E-state index contributed by atoms with van der Waals surface area (Å²) in [6, 6.07) is 15.2. The standard InChI is InChI=1S/C18H19NO4/c1-3-19(14-9-5-4-6-10-14)17(21)13(2)23-18(22)15-11-7-8-12-16(15)20/h4-13,20H,3H2,1-2H3/t13-/m0/s1. The monoisotopic (exact) mass is 313 g/mol. The fourth-order valence-electron chi connectivity index (χ4n) is 2.21. The van der Waals surface area contributed by atoms with E-state index in [0.717, 1.165) is 5.69 Å². The van der Waals surface area contributed by atoms with Gasteiger partial charge in [0.15, 0.2) is 6.10 Å². The van der Waals surface area contributed by atoms with Crippen LogP contribution < -0.4 is 4.90 Å². The summed E-state index contributed by atoms with van der Waals surface area (Å²) in [5.74, 6) is -1.22. The normalized spacial score (nSPS) is 11.6. The molecule has 2 rings (SSSR count). The van der Waals surface area contributed by atoms with Crippen LogP contribution in [0.25, 0.3) is 0 Å². The van der Waals surface area contributed by atoms with Gasteiger partial charge < -0.3 is 14.7 Å². The molecule has 1 amide bonds. The minimum Gasteiger partial charge on any atom is -0.507 e. The average molecular weight is 313 g/mol. The van der Waals surface area contributed by atoms with Gasteiger partial charge in [-0.2, -0.15) is 0 Å². The lowest BCUT2D eigenvalue weighted by atomic mass is 10.2. The number of phenols is 1. The number of anilines is 1. The maximum atomic E-state index is 12.5. The average Bonchev–Trinajstić information content (AvgIpc) is 2.56. The molecule has 23 heavy (non-hydrogen) atoms. The molecule has 5 nitrogen and oxygen atoms in total. The van der Waals surface area contributed by atoms with Gasteiger partial charge in [-0.05, 0) is 38.1 Å². The van der Waals surface area contributed by atoms with E-state index < -0.39 is 12.1 Å². The van der Waals surface area contributed by atoms with Gasteiger partial charge in [-0.1, -0.05) is 30.3 Å². The van der Waals surface area contributed by atoms with E-state index >= 15 is 0 Å². The summed E-state index contributed by atoms with van der Waals surface area (Å²) in [5, 5.41) is 9.67. The molecule has 0 unspecified atom stereocenters. The van der Waals surface area contributed by atoms with Crippen molar-refractivity contribution in [2.75, 3.05) is 11.4 Å². The topological polar surface area (TPSA) is 66.8 Å². The summed E-state index contributed by atoms with van der Waals surface area (Å²) < 4.78 is 5.19. The Morgan fingerprint density at radius 3 is 2.30 bits per heavy atom. The second-order valence-electron chi connectivity index (χ2n) is 4.98. The Morgan fingerprint density at radius 2 is 1.70 bits per heavy atom. The van der Waals surface area contributed by atoms with E-state index in [9.17, 15) is 14.7 Å². The van der Waals surface area contributed by atoms with E-state index in [4.69, 9.17) is 4.74 Å². The molecule has 5 heteroatoms. The number of benzene rings is 2. The number of rotatable bonds is 5. The fraction of sp³-hybridized carbons (Fsp3) is 0.222. The van der Waals surface area contributed by atoms with Gasteiger partial charge >= 0.3 is 5.97 Å². The van der Waals surface area contributed by atoms with Crippen molar-refractivity contribution in [2.45, 2.75) is 20.0 Å². The third-order valence-corrected chi connectivity index (χ3v) is 3.41. The molecular formula is C18H19NO4. The lowest BCUT2D eigenvalue weighted by Gasteiger charge is -2.24. The lowest BCUT2D eigenvalue weighted by molar-refractivity contribution is -0.126. The summed E-state index contributed by atoms with van der Waals surface area (Å²) in [4.78, 5) is 26.1. The van der Waals surface area contributed by atoms with Crippen LogP contribution in [0.5, 0.6) is 5.75 Å². The van der Waals surface area contributed by atoms with E-state index in [-0.39, 0.29) is 17.2 Å². The van der Waals surface area contributed by atoms with Gasteiger partial charge in [-0.3, -0.25) is 4.79 Å². The van der Waals surface area contributed by atoms with Crippen molar-refractivity contribution in [3.05, 3.63) is 60.2 Å². The first kappa shape index (κ1) is 16.5. The molecule has 0 aliphatic heterocycles. The highest BCUT2D eigenvalue weighted by Crippen LogP contribution is 2.19. The number of amides is 1. The van der Waals surface area contributed by atoms with Crippen molar-refractivity contribution in [3.63, 3.8) is 0 Å². The second-order valence-corrected chi connectivity index (χ2v) is 4.98. The number of carbonyl (C=O) groups is 2. The second kappa shape index (κ2) is 7.45. The SMILES string of the molecule is CCN(C(=O)[C@H](C)OC(=O)c1ccccc1O)c1ccccc1. The minimum absolute atomic E-state index is 0.0370. The van der Waals surface area contributed by atoms with Crippen LogP contribution in [0, 0.1) is 0 Å². The maximum Gasteiger partial charge on any atom is 0.342 e. The quantitative estimate of drug-likeness (QED) is 0.862. The van der Waals surface area contributed by atoms with Gasteiger partial charge in [0.2, 0.25) is 0 Å². The highest BCUT2D eigenvalue weighted by Gasteiger charge is 2.25. The number of hydrogen-bond acceptors (Lipinski definition) is 4. The number of phenolic OH excluding ortho intramolecular Hbond substituents is 1. The number of esters is 1. The smallest absolute Gasteiger partial charge is 0.342 e. The van der Waals surface area contributed by atoms with Crippen molar-refractivity contribution >= 4 is 17.6 Å². The molecule has 1 atom stereocenters. The molecule has 0 saturated carbocycles. The Labute approximate surface area is 135 Å². The number of para-hydroxylation sites is 2. The van der Waals surface area contributed by atoms with Crippen LogP contribution in [0.3, 0.4) is 0 Å². The van der Waals surface area contributed by atoms with Crippen molar-refractivity contribution < 1.29 is 19.4 Å². The number of aromatic hydroxyl groups is 1. The van der Waals surface area contributed by atoms with Crippen LogP contribution in [0.1, 0.15) is 24.2 Å². The molecule has 0 aliphatic carbocycles. The van der Waals surface area contributed by atoms with Crippen molar-refractivity contribution in [1.29, 1.82) is 0 Å². The number of ether oxygens (including phenoxy) is 1. The summed E-state index contributed by atoms with van der Waals surface area (Å²) in [6.45, 7) is 3.83. The zero-order valence-electron chi connectivity index (χ0n) is 13.1. The van der Waals surface area contributed by atoms with Gasteiger partial charge in [-0.25, -0.2) is 4.79 Å². The first-order valence-electron chi connectivity index (χ1n) is 7.40. The van der Waals surface area contributed by atoms with Crippen LogP contribution >= 0.6 is 0 Å². The molecule has 0 spiro atoms. The van der Waals surface area contributed by atoms with Crippen molar-refractivity contribution in [3.8, 4) is 5.75 Å². The Hall–Kier alpha value is -2.82. The van der Waals surface area contributed by atoms with Crippen LogP contribution in [-0.2, 0) is 9.53 Å². The van der Waals surface area contributed by atoms with Crippen LogP contribution in [0.2, 0.25) is 0 Å². The molecule has 120 valence electrons. The Morgan fingerprint density at radius 1 is 1.09 bits per heavy atom. The molecule has 1 N–H and O–H groups in total. The summed E-state index contributed by atoms with van der Waals surface area (Å²) in [6.07, 6.45) is -0.956. The molecule has 0 aliphatic rings. The first-order valence-corrected chi connectivity index (χ1v) is 7.40. The predicted octanol–water partition coefficient (Wildman–Crippen LogP) is 2.99. The highest BCUT2D eigenvalue weighted by atomic mass is 16.5. The van der Waals surface area contributed by atoms with Crippen molar-refractivity contribution in [1.82, 2.24) is 0 Å². The maximum absolute atomic E-state index is 12.5. The number of hydrogen-bond donors (Lipinski definition) is 1. The molecule has 0 bridgehead atoms. The fourth-order valence-corrected chi connectivity index (χ4v) is 2.21. The molecule has 0 fully saturated rings. The van der Waals surface area contributed by atoms with Crippen molar-refractivity contribution in [2.24, 2.45) is 0 Å². The summed E-state index contributed by atoms with van der Waals surface area (Å²) in [5.41, 5.74) is 0.778. The van der Waals surface area contributed by atoms with E-state index in [1.165, 1.54) is 19.1 Å². The number of carbonyl (C=O) groups excluding carboxylic acids is 2. The molecule has 0 aromatic heterocycles. The van der Waals surface area contributed by atoms with E-state index in [1.54, 1.807) is 17.0 Å². The van der Waals surface area contributed by atoms with E-state index in [2.05, 4.69) is 0 Å². The van der Waals surface area contributed by atoms with Gasteiger partial charge in [0, 0.05) is 12.2 Å². The number of likely N-dealkylation sites (N-methyl/N-ethyl adjacent to an activating group) is 1. The van der Waals surface area contributed by atoms with Gasteiger partial charge in [-0.15, -0.1) is 0 Å². The molecule has 2 aromatic carbocycles. The van der Waals surface area contributed by atoms with Crippen LogP contribution in [0.15, 0.2) is 54.6 Å². The van der Waals surface area contributed by atoms with E-state index in [0.29, 0.717) is 6.54 Å². The molecule has 0 radical (unpaired) electrons. The number of nitrogens with zero attached hydrogens (tertiary/aromatic N) is 1. The van der Waals surface area contributed by atoms with E-state index in [1.807, 2.05) is 37.3 Å². The summed E-state index contributed by atoms with van der Waals surface area (Å²) in [7, 11) is 0. The van der Waals surface area contributed by atoms with Gasteiger partial charge in [0.1, 0.15) is 11.3 Å². The minimum atomic E-state index is -0.956. The molecular weight excluding hydrogens is 294 g/mol. The Balaban J connectivity index is 2.10. The third-order valence-electron chi connectivity index (χ3n) is 3.41.